The van der Waals surface area contributed by atoms with Gasteiger partial charge >= 0.3 is 0 Å². The fourth-order valence-corrected chi connectivity index (χ4v) is 3.43. The van der Waals surface area contributed by atoms with Crippen LogP contribution >= 0.6 is 0 Å². The van der Waals surface area contributed by atoms with Crippen molar-refractivity contribution >= 4 is 5.71 Å². The van der Waals surface area contributed by atoms with Gasteiger partial charge in [0.05, 0.1) is 11.8 Å². The highest BCUT2D eigenvalue weighted by atomic mass is 16.4. The van der Waals surface area contributed by atoms with Crippen molar-refractivity contribution in [1.82, 2.24) is 0 Å². The van der Waals surface area contributed by atoms with Crippen molar-refractivity contribution in [3.05, 3.63) is 0 Å². The molecule has 3 atom stereocenters. The molecule has 0 heterocycles. The Balaban J connectivity index is 2.43. The predicted molar refractivity (Wildman–Crippen MR) is 53.0 cm³/mol. The van der Waals surface area contributed by atoms with Gasteiger partial charge in [-0.05, 0) is 30.6 Å². The summed E-state index contributed by atoms with van der Waals surface area (Å²) in [6.07, 6.45) is 3.70. The Kier molecular flexibility index (Phi) is 1.85. The molecule has 14 heavy (non-hydrogen) atoms. The first-order chi connectivity index (χ1) is 6.58. The molecule has 3 heteroatoms. The maximum Gasteiger partial charge on any atom is 0.0638 e. The van der Waals surface area contributed by atoms with Gasteiger partial charge in [0.2, 0.25) is 0 Å². The summed E-state index contributed by atoms with van der Waals surface area (Å²) < 4.78 is 0. The highest BCUT2D eigenvalue weighted by molar-refractivity contribution is 5.93. The Morgan fingerprint density at radius 1 is 1.64 bits per heavy atom. The highest BCUT2D eigenvalue weighted by Crippen LogP contribution is 2.65. The average Bonchev–Trinajstić information content (AvgIpc) is 2.51. The van der Waals surface area contributed by atoms with E-state index in [1.165, 1.54) is 6.42 Å². The van der Waals surface area contributed by atoms with Crippen LogP contribution < -0.4 is 0 Å². The Bertz CT molecular complexity index is 331. The number of nitriles is 1. The number of nitrogens with zero attached hydrogens (tertiary/aromatic N) is 2. The van der Waals surface area contributed by atoms with E-state index in [0.29, 0.717) is 12.3 Å². The molecule has 3 nitrogen and oxygen atoms in total. The number of rotatable bonds is 1. The lowest BCUT2D eigenvalue weighted by Gasteiger charge is -2.35. The van der Waals surface area contributed by atoms with Gasteiger partial charge in [-0.3, -0.25) is 0 Å². The van der Waals surface area contributed by atoms with Crippen molar-refractivity contribution < 1.29 is 5.21 Å². The second-order valence-corrected chi connectivity index (χ2v) is 5.07. The number of hydrogen-bond acceptors (Lipinski definition) is 3. The van der Waals surface area contributed by atoms with Crippen LogP contribution in [0.5, 0.6) is 0 Å². The maximum atomic E-state index is 8.96. The van der Waals surface area contributed by atoms with Crippen LogP contribution in [0, 0.1) is 28.1 Å². The van der Waals surface area contributed by atoms with Gasteiger partial charge in [-0.15, -0.1) is 0 Å². The van der Waals surface area contributed by atoms with Crippen molar-refractivity contribution in [3.63, 3.8) is 0 Å². The lowest BCUT2D eigenvalue weighted by atomic mass is 9.67. The third-order valence-corrected chi connectivity index (χ3v) is 4.80. The predicted octanol–water partition coefficient (Wildman–Crippen LogP) is 2.56. The van der Waals surface area contributed by atoms with Crippen LogP contribution in [0.25, 0.3) is 0 Å². The summed E-state index contributed by atoms with van der Waals surface area (Å²) in [5.41, 5.74) is 0.900. The van der Waals surface area contributed by atoms with Gasteiger partial charge < -0.3 is 5.21 Å². The molecule has 2 bridgehead atoms. The zero-order valence-electron chi connectivity index (χ0n) is 8.75. The topological polar surface area (TPSA) is 56.4 Å². The van der Waals surface area contributed by atoms with E-state index < -0.39 is 0 Å². The van der Waals surface area contributed by atoms with Gasteiger partial charge in [0.15, 0.2) is 0 Å². The molecular formula is C11H16N2O. The van der Waals surface area contributed by atoms with Gasteiger partial charge in [0, 0.05) is 11.8 Å². The van der Waals surface area contributed by atoms with Gasteiger partial charge in [-0.2, -0.15) is 5.26 Å². The van der Waals surface area contributed by atoms with E-state index in [-0.39, 0.29) is 10.8 Å². The minimum Gasteiger partial charge on any atom is -0.411 e. The molecule has 0 aromatic rings. The Hall–Kier alpha value is -1.04. The van der Waals surface area contributed by atoms with Crippen molar-refractivity contribution in [2.45, 2.75) is 39.5 Å². The quantitative estimate of drug-likeness (QED) is 0.512. The third-order valence-electron chi connectivity index (χ3n) is 4.80. The lowest BCUT2D eigenvalue weighted by molar-refractivity contribution is 0.168. The van der Waals surface area contributed by atoms with Crippen LogP contribution in [-0.2, 0) is 0 Å². The fourth-order valence-electron chi connectivity index (χ4n) is 3.43. The van der Waals surface area contributed by atoms with E-state index in [2.05, 4.69) is 25.1 Å². The fraction of sp³-hybridized carbons (Fsp3) is 0.818. The zero-order chi connectivity index (χ0) is 10.4. The molecule has 2 aliphatic rings. The summed E-state index contributed by atoms with van der Waals surface area (Å²) >= 11 is 0. The Morgan fingerprint density at radius 3 is 2.86 bits per heavy atom. The van der Waals surface area contributed by atoms with E-state index in [4.69, 9.17) is 10.5 Å². The van der Waals surface area contributed by atoms with Crippen molar-refractivity contribution in [2.24, 2.45) is 21.9 Å². The molecule has 0 amide bonds. The van der Waals surface area contributed by atoms with Crippen LogP contribution in [0.4, 0.5) is 0 Å². The van der Waals surface area contributed by atoms with E-state index in [1.54, 1.807) is 0 Å². The highest BCUT2D eigenvalue weighted by Gasteiger charge is 2.62. The van der Waals surface area contributed by atoms with Crippen LogP contribution in [0.15, 0.2) is 5.16 Å². The molecule has 76 valence electrons. The van der Waals surface area contributed by atoms with Crippen LogP contribution in [0.3, 0.4) is 0 Å². The zero-order valence-corrected chi connectivity index (χ0v) is 8.75. The number of oxime groups is 1. The summed E-state index contributed by atoms with van der Waals surface area (Å²) in [6, 6.07) is 2.28. The van der Waals surface area contributed by atoms with E-state index in [9.17, 15) is 0 Å². The monoisotopic (exact) mass is 192 g/mol. The third kappa shape index (κ3) is 0.841. The van der Waals surface area contributed by atoms with Gasteiger partial charge in [-0.25, -0.2) is 0 Å². The van der Waals surface area contributed by atoms with Crippen molar-refractivity contribution in [2.75, 3.05) is 0 Å². The first kappa shape index (κ1) is 9.51. The number of fused-ring (bicyclic) bond motifs is 2. The molecular weight excluding hydrogens is 176 g/mol. The summed E-state index contributed by atoms with van der Waals surface area (Å²) in [4.78, 5) is 0. The number of hydrogen-bond donors (Lipinski definition) is 1. The molecule has 0 aromatic carbocycles. The Morgan fingerprint density at radius 2 is 2.36 bits per heavy atom. The molecule has 2 rings (SSSR count). The first-order valence-corrected chi connectivity index (χ1v) is 5.17. The second kappa shape index (κ2) is 2.73. The summed E-state index contributed by atoms with van der Waals surface area (Å²) in [7, 11) is 0. The molecule has 2 aliphatic carbocycles. The van der Waals surface area contributed by atoms with E-state index in [1.807, 2.05) is 0 Å². The maximum absolute atomic E-state index is 8.96. The second-order valence-electron chi connectivity index (χ2n) is 5.07. The molecule has 0 aliphatic heterocycles. The summed E-state index contributed by atoms with van der Waals surface area (Å²) in [5.74, 6) is 0.540. The van der Waals surface area contributed by atoms with Crippen LogP contribution in [0.2, 0.25) is 0 Å². The summed E-state index contributed by atoms with van der Waals surface area (Å²) in [6.45, 7) is 4.32. The van der Waals surface area contributed by atoms with Gasteiger partial charge in [0.25, 0.3) is 0 Å². The Labute approximate surface area is 84.4 Å². The SMILES string of the molecule is C[C@]1(CC#N)[C@H]2CC[C@]1(C)/C(=N/O)C2. The minimum atomic E-state index is -0.0395. The molecule has 0 unspecified atom stereocenters. The smallest absolute Gasteiger partial charge is 0.0638 e. The van der Waals surface area contributed by atoms with Crippen LogP contribution in [-0.4, -0.2) is 10.9 Å². The lowest BCUT2D eigenvalue weighted by Crippen LogP contribution is -2.34. The molecule has 2 fully saturated rings. The van der Waals surface area contributed by atoms with Crippen molar-refractivity contribution in [1.29, 1.82) is 5.26 Å². The minimum absolute atomic E-state index is 0.0311. The normalized spacial score (nSPS) is 48.4. The van der Waals surface area contributed by atoms with Crippen molar-refractivity contribution in [3.8, 4) is 6.07 Å². The van der Waals surface area contributed by atoms with E-state index >= 15 is 0 Å². The molecule has 0 saturated heterocycles. The first-order valence-electron chi connectivity index (χ1n) is 5.17. The standard InChI is InChI=1S/C11H16N2O/c1-10(5-6-12)8-3-4-11(10,2)9(7-8)13-14/h8,14H,3-5,7H2,1-2H3/b13-9+/t8-,10-,11+/m0/s1. The summed E-state index contributed by atoms with van der Waals surface area (Å²) in [5, 5.41) is 21.3. The molecule has 0 radical (unpaired) electrons. The van der Waals surface area contributed by atoms with Gasteiger partial charge in [-0.1, -0.05) is 19.0 Å². The van der Waals surface area contributed by atoms with Crippen LogP contribution in [0.1, 0.15) is 39.5 Å². The molecule has 2 saturated carbocycles. The molecule has 1 N–H and O–H groups in total. The average molecular weight is 192 g/mol. The van der Waals surface area contributed by atoms with Gasteiger partial charge in [0.1, 0.15) is 0 Å². The molecule has 0 spiro atoms. The largest absolute Gasteiger partial charge is 0.411 e. The van der Waals surface area contributed by atoms with E-state index in [0.717, 1.165) is 18.6 Å². The molecule has 0 aromatic heterocycles.